The Bertz CT molecular complexity index is 519. The zero-order valence-electron chi connectivity index (χ0n) is 16.2. The number of piperidine rings is 1. The minimum absolute atomic E-state index is 0.308. The first-order valence-corrected chi connectivity index (χ1v) is 9.64. The van der Waals surface area contributed by atoms with Crippen molar-refractivity contribution in [3.8, 4) is 0 Å². The van der Waals surface area contributed by atoms with E-state index < -0.39 is 0 Å². The van der Waals surface area contributed by atoms with Crippen LogP contribution in [0.3, 0.4) is 0 Å². The summed E-state index contributed by atoms with van der Waals surface area (Å²) in [5.41, 5.74) is 0. The molecule has 1 aromatic heterocycles. The van der Waals surface area contributed by atoms with Gasteiger partial charge in [-0.1, -0.05) is 25.9 Å². The fraction of sp³-hybridized carbons (Fsp3) is 0.833. The van der Waals surface area contributed by atoms with Crippen LogP contribution in [0, 0.1) is 0 Å². The smallest absolute Gasteiger partial charge is 0.226 e. The highest BCUT2D eigenvalue weighted by molar-refractivity contribution is 5.79. The van der Waals surface area contributed by atoms with Crippen molar-refractivity contribution in [3.05, 3.63) is 11.7 Å². The largest absolute Gasteiger partial charge is 0.356 e. The van der Waals surface area contributed by atoms with E-state index in [-0.39, 0.29) is 0 Å². The third-order valence-corrected chi connectivity index (χ3v) is 4.55. The topological polar surface area (TPSA) is 78.6 Å². The van der Waals surface area contributed by atoms with Crippen LogP contribution in [0.15, 0.2) is 9.52 Å². The van der Waals surface area contributed by atoms with Crippen molar-refractivity contribution in [2.75, 3.05) is 33.2 Å². The van der Waals surface area contributed by atoms with E-state index >= 15 is 0 Å². The van der Waals surface area contributed by atoms with Gasteiger partial charge in [-0.15, -0.1) is 0 Å². The van der Waals surface area contributed by atoms with Crippen molar-refractivity contribution in [2.24, 2.45) is 4.99 Å². The van der Waals surface area contributed by atoms with E-state index in [9.17, 15) is 0 Å². The highest BCUT2D eigenvalue weighted by Gasteiger charge is 2.19. The number of aromatic nitrogens is 2. The summed E-state index contributed by atoms with van der Waals surface area (Å²) in [4.78, 5) is 11.3. The van der Waals surface area contributed by atoms with Gasteiger partial charge in [-0.2, -0.15) is 4.98 Å². The van der Waals surface area contributed by atoms with E-state index in [1.165, 1.54) is 38.9 Å². The lowest BCUT2D eigenvalue weighted by molar-refractivity contribution is 0.206. The van der Waals surface area contributed by atoms with Gasteiger partial charge in [-0.3, -0.25) is 4.99 Å². The van der Waals surface area contributed by atoms with E-state index in [0.717, 1.165) is 37.1 Å². The Morgan fingerprint density at radius 1 is 1.36 bits per heavy atom. The molecule has 1 aliphatic heterocycles. The molecule has 142 valence electrons. The highest BCUT2D eigenvalue weighted by Crippen LogP contribution is 2.11. The molecular weight excluding hydrogens is 316 g/mol. The summed E-state index contributed by atoms with van der Waals surface area (Å²) < 4.78 is 5.27. The van der Waals surface area contributed by atoms with Crippen molar-refractivity contribution in [2.45, 2.75) is 64.8 Å². The number of aliphatic imine (C=N–C) groups is 1. The van der Waals surface area contributed by atoms with Crippen LogP contribution in [-0.2, 0) is 6.42 Å². The van der Waals surface area contributed by atoms with E-state index in [0.29, 0.717) is 12.0 Å². The summed E-state index contributed by atoms with van der Waals surface area (Å²) in [6.45, 7) is 10.8. The molecule has 2 heterocycles. The number of hydrogen-bond acceptors (Lipinski definition) is 5. The Kier molecular flexibility index (Phi) is 8.18. The first kappa shape index (κ1) is 19.7. The molecular formula is C18H34N6O. The number of aryl methyl sites for hydroxylation is 1. The molecule has 0 amide bonds. The second-order valence-corrected chi connectivity index (χ2v) is 7.06. The molecule has 0 aliphatic carbocycles. The molecule has 0 spiro atoms. The van der Waals surface area contributed by atoms with Crippen LogP contribution >= 0.6 is 0 Å². The highest BCUT2D eigenvalue weighted by atomic mass is 16.5. The summed E-state index contributed by atoms with van der Waals surface area (Å²) in [5.74, 6) is 2.70. The molecule has 0 unspecified atom stereocenters. The summed E-state index contributed by atoms with van der Waals surface area (Å²) in [6.07, 6.45) is 5.33. The molecule has 0 bridgehead atoms. The standard InChI is InChI=1S/C18H34N6O/c1-5-11-24-12-8-15(9-13-24)21-18(19-4)20-10-6-7-16-22-17(14(2)3)23-25-16/h14-15H,5-13H2,1-4H3,(H2,19,20,21). The van der Waals surface area contributed by atoms with Gasteiger partial charge in [-0.25, -0.2) is 0 Å². The minimum atomic E-state index is 0.308. The lowest BCUT2D eigenvalue weighted by atomic mass is 10.1. The SMILES string of the molecule is CCCN1CCC(NC(=NC)NCCCc2nc(C(C)C)no2)CC1. The van der Waals surface area contributed by atoms with Gasteiger partial charge >= 0.3 is 0 Å². The number of nitrogens with one attached hydrogen (secondary N) is 2. The van der Waals surface area contributed by atoms with Gasteiger partial charge in [0.1, 0.15) is 0 Å². The fourth-order valence-electron chi connectivity index (χ4n) is 3.06. The van der Waals surface area contributed by atoms with Gasteiger partial charge in [0, 0.05) is 45.1 Å². The lowest BCUT2D eigenvalue weighted by Gasteiger charge is -2.32. The lowest BCUT2D eigenvalue weighted by Crippen LogP contribution is -2.48. The number of rotatable bonds is 8. The van der Waals surface area contributed by atoms with Gasteiger partial charge in [0.2, 0.25) is 5.89 Å². The fourth-order valence-corrected chi connectivity index (χ4v) is 3.06. The van der Waals surface area contributed by atoms with Crippen molar-refractivity contribution in [3.63, 3.8) is 0 Å². The maximum absolute atomic E-state index is 5.27. The van der Waals surface area contributed by atoms with E-state index in [1.807, 2.05) is 7.05 Å². The van der Waals surface area contributed by atoms with Crippen LogP contribution in [0.4, 0.5) is 0 Å². The number of nitrogens with zero attached hydrogens (tertiary/aromatic N) is 4. The van der Waals surface area contributed by atoms with Crippen molar-refractivity contribution in [1.29, 1.82) is 0 Å². The summed E-state index contributed by atoms with van der Waals surface area (Å²) in [5, 5.41) is 10.9. The first-order chi connectivity index (χ1) is 12.1. The quantitative estimate of drug-likeness (QED) is 0.425. The zero-order chi connectivity index (χ0) is 18.1. The minimum Gasteiger partial charge on any atom is -0.356 e. The monoisotopic (exact) mass is 350 g/mol. The second kappa shape index (κ2) is 10.4. The number of likely N-dealkylation sites (tertiary alicyclic amines) is 1. The number of guanidine groups is 1. The zero-order valence-corrected chi connectivity index (χ0v) is 16.2. The average molecular weight is 351 g/mol. The summed E-state index contributed by atoms with van der Waals surface area (Å²) in [7, 11) is 1.83. The summed E-state index contributed by atoms with van der Waals surface area (Å²) >= 11 is 0. The molecule has 1 saturated heterocycles. The maximum Gasteiger partial charge on any atom is 0.226 e. The van der Waals surface area contributed by atoms with Gasteiger partial charge in [0.25, 0.3) is 0 Å². The van der Waals surface area contributed by atoms with Gasteiger partial charge in [0.05, 0.1) is 0 Å². The molecule has 0 atom stereocenters. The predicted octanol–water partition coefficient (Wildman–Crippen LogP) is 2.16. The molecule has 0 radical (unpaired) electrons. The number of hydrogen-bond donors (Lipinski definition) is 2. The average Bonchev–Trinajstić information content (AvgIpc) is 3.08. The summed E-state index contributed by atoms with van der Waals surface area (Å²) in [6, 6.07) is 0.517. The molecule has 25 heavy (non-hydrogen) atoms. The Hall–Kier alpha value is -1.63. The molecule has 1 aromatic rings. The third kappa shape index (κ3) is 6.65. The Morgan fingerprint density at radius 2 is 2.12 bits per heavy atom. The third-order valence-electron chi connectivity index (χ3n) is 4.55. The van der Waals surface area contributed by atoms with Gasteiger partial charge in [0.15, 0.2) is 11.8 Å². The van der Waals surface area contributed by atoms with Crippen LogP contribution in [-0.4, -0.2) is 60.3 Å². The van der Waals surface area contributed by atoms with Crippen LogP contribution < -0.4 is 10.6 Å². The van der Waals surface area contributed by atoms with Crippen LogP contribution in [0.25, 0.3) is 0 Å². The molecule has 2 N–H and O–H groups in total. The van der Waals surface area contributed by atoms with Crippen molar-refractivity contribution < 1.29 is 4.52 Å². The van der Waals surface area contributed by atoms with Crippen molar-refractivity contribution in [1.82, 2.24) is 25.7 Å². The Labute approximate surface area is 151 Å². The van der Waals surface area contributed by atoms with Crippen LogP contribution in [0.5, 0.6) is 0 Å². The molecule has 7 heteroatoms. The van der Waals surface area contributed by atoms with E-state index in [1.54, 1.807) is 0 Å². The molecule has 0 aromatic carbocycles. The first-order valence-electron chi connectivity index (χ1n) is 9.64. The van der Waals surface area contributed by atoms with Crippen molar-refractivity contribution >= 4 is 5.96 Å². The molecule has 1 aliphatic rings. The van der Waals surface area contributed by atoms with E-state index in [2.05, 4.69) is 51.4 Å². The maximum atomic E-state index is 5.27. The van der Waals surface area contributed by atoms with Gasteiger partial charge in [-0.05, 0) is 32.2 Å². The second-order valence-electron chi connectivity index (χ2n) is 7.06. The molecule has 1 fully saturated rings. The predicted molar refractivity (Wildman–Crippen MR) is 101 cm³/mol. The molecule has 7 nitrogen and oxygen atoms in total. The van der Waals surface area contributed by atoms with E-state index in [4.69, 9.17) is 4.52 Å². The molecule has 0 saturated carbocycles. The van der Waals surface area contributed by atoms with Crippen LogP contribution in [0.2, 0.25) is 0 Å². The van der Waals surface area contributed by atoms with Crippen LogP contribution in [0.1, 0.15) is 64.1 Å². The Morgan fingerprint density at radius 3 is 2.72 bits per heavy atom. The normalized spacial score (nSPS) is 17.2. The van der Waals surface area contributed by atoms with Gasteiger partial charge < -0.3 is 20.1 Å². The Balaban J connectivity index is 1.63. The molecule has 2 rings (SSSR count).